The molecule has 1 aromatic rings. The van der Waals surface area contributed by atoms with Crippen molar-refractivity contribution in [2.24, 2.45) is 0 Å². The van der Waals surface area contributed by atoms with Crippen molar-refractivity contribution in [3.8, 4) is 5.88 Å². The Morgan fingerprint density at radius 1 is 1.29 bits per heavy atom. The summed E-state index contributed by atoms with van der Waals surface area (Å²) in [5, 5.41) is 3.14. The van der Waals surface area contributed by atoms with Gasteiger partial charge in [-0.15, -0.1) is 0 Å². The van der Waals surface area contributed by atoms with Crippen LogP contribution in [0.25, 0.3) is 0 Å². The van der Waals surface area contributed by atoms with Gasteiger partial charge in [0.1, 0.15) is 6.61 Å². The van der Waals surface area contributed by atoms with Gasteiger partial charge in [0, 0.05) is 25.4 Å². The average molecular weight is 238 g/mol. The molecule has 0 saturated heterocycles. The van der Waals surface area contributed by atoms with Gasteiger partial charge in [0.25, 0.3) is 0 Å². The number of nitrogens with zero attached hydrogens (tertiary/aromatic N) is 1. The van der Waals surface area contributed by atoms with Gasteiger partial charge in [0.15, 0.2) is 0 Å². The third kappa shape index (κ3) is 5.15. The standard InChI is InChI=1S/C13H22N2O2/c1-4-5-12-8-11(10-14-2)9-13(15-12)17-7-6-16-3/h8-9,14H,4-7,10H2,1-3H3. The van der Waals surface area contributed by atoms with E-state index in [1.165, 1.54) is 5.56 Å². The lowest BCUT2D eigenvalue weighted by Crippen LogP contribution is -2.09. The van der Waals surface area contributed by atoms with Crippen molar-refractivity contribution in [1.82, 2.24) is 10.3 Å². The second-order valence-corrected chi connectivity index (χ2v) is 3.93. The number of hydrogen-bond donors (Lipinski definition) is 1. The Labute approximate surface area is 103 Å². The number of nitrogens with one attached hydrogen (secondary N) is 1. The van der Waals surface area contributed by atoms with Crippen LogP contribution in [-0.2, 0) is 17.7 Å². The summed E-state index contributed by atoms with van der Waals surface area (Å²) in [6, 6.07) is 4.11. The minimum Gasteiger partial charge on any atom is -0.475 e. The highest BCUT2D eigenvalue weighted by Gasteiger charge is 2.03. The predicted octanol–water partition coefficient (Wildman–Crippen LogP) is 1.78. The van der Waals surface area contributed by atoms with Crippen molar-refractivity contribution in [2.75, 3.05) is 27.4 Å². The molecule has 0 atom stereocenters. The van der Waals surface area contributed by atoms with Crippen molar-refractivity contribution in [3.05, 3.63) is 23.4 Å². The molecule has 1 heterocycles. The van der Waals surface area contributed by atoms with Crippen LogP contribution in [0.3, 0.4) is 0 Å². The highest BCUT2D eigenvalue weighted by molar-refractivity contribution is 5.25. The molecular formula is C13H22N2O2. The number of ether oxygens (including phenoxy) is 2. The second kappa shape index (κ2) is 8.03. The van der Waals surface area contributed by atoms with Crippen molar-refractivity contribution in [1.29, 1.82) is 0 Å². The maximum absolute atomic E-state index is 5.56. The van der Waals surface area contributed by atoms with Crippen molar-refractivity contribution in [3.63, 3.8) is 0 Å². The van der Waals surface area contributed by atoms with Crippen LogP contribution in [0.15, 0.2) is 12.1 Å². The molecule has 0 aromatic carbocycles. The van der Waals surface area contributed by atoms with Crippen LogP contribution in [-0.4, -0.2) is 32.4 Å². The molecule has 17 heavy (non-hydrogen) atoms. The van der Waals surface area contributed by atoms with E-state index in [9.17, 15) is 0 Å². The quantitative estimate of drug-likeness (QED) is 0.701. The van der Waals surface area contributed by atoms with Gasteiger partial charge in [-0.2, -0.15) is 0 Å². The molecule has 0 aliphatic heterocycles. The lowest BCUT2D eigenvalue weighted by atomic mass is 10.1. The molecule has 0 fully saturated rings. The molecule has 1 N–H and O–H groups in total. The van der Waals surface area contributed by atoms with E-state index in [0.29, 0.717) is 19.1 Å². The average Bonchev–Trinajstić information content (AvgIpc) is 2.30. The largest absolute Gasteiger partial charge is 0.475 e. The minimum absolute atomic E-state index is 0.540. The monoisotopic (exact) mass is 238 g/mol. The Hall–Kier alpha value is -1.13. The molecule has 1 aromatic heterocycles. The highest BCUT2D eigenvalue weighted by atomic mass is 16.5. The Kier molecular flexibility index (Phi) is 6.58. The number of hydrogen-bond acceptors (Lipinski definition) is 4. The third-order valence-corrected chi connectivity index (χ3v) is 2.34. The molecule has 0 aliphatic rings. The first-order valence-electron chi connectivity index (χ1n) is 6.06. The van der Waals surface area contributed by atoms with Crippen molar-refractivity contribution >= 4 is 0 Å². The molecule has 0 aliphatic carbocycles. The van der Waals surface area contributed by atoms with Gasteiger partial charge in [-0.05, 0) is 25.1 Å². The third-order valence-electron chi connectivity index (χ3n) is 2.34. The smallest absolute Gasteiger partial charge is 0.213 e. The summed E-state index contributed by atoms with van der Waals surface area (Å²) < 4.78 is 10.5. The van der Waals surface area contributed by atoms with Crippen LogP contribution in [0.5, 0.6) is 5.88 Å². The molecule has 1 rings (SSSR count). The molecule has 0 amide bonds. The molecule has 0 bridgehead atoms. The lowest BCUT2D eigenvalue weighted by molar-refractivity contribution is 0.143. The Bertz CT molecular complexity index is 305. The molecule has 4 nitrogen and oxygen atoms in total. The minimum atomic E-state index is 0.540. The van der Waals surface area contributed by atoms with Crippen LogP contribution in [0, 0.1) is 0 Å². The van der Waals surface area contributed by atoms with E-state index in [1.807, 2.05) is 13.1 Å². The Morgan fingerprint density at radius 2 is 2.12 bits per heavy atom. The van der Waals surface area contributed by atoms with Crippen LogP contribution in [0.4, 0.5) is 0 Å². The first-order valence-corrected chi connectivity index (χ1v) is 6.06. The van der Waals surface area contributed by atoms with Crippen molar-refractivity contribution in [2.45, 2.75) is 26.3 Å². The summed E-state index contributed by atoms with van der Waals surface area (Å²) in [5.41, 5.74) is 2.30. The fourth-order valence-electron chi connectivity index (χ4n) is 1.61. The Balaban J connectivity index is 2.72. The van der Waals surface area contributed by atoms with Gasteiger partial charge in [0.2, 0.25) is 5.88 Å². The van der Waals surface area contributed by atoms with Gasteiger partial charge < -0.3 is 14.8 Å². The normalized spacial score (nSPS) is 10.5. The number of pyridine rings is 1. The first kappa shape index (κ1) is 13.9. The number of aryl methyl sites for hydroxylation is 1. The number of methoxy groups -OCH3 is 1. The zero-order valence-electron chi connectivity index (χ0n) is 11.0. The molecule has 0 unspecified atom stereocenters. The molecular weight excluding hydrogens is 216 g/mol. The fourth-order valence-corrected chi connectivity index (χ4v) is 1.61. The topological polar surface area (TPSA) is 43.4 Å². The molecule has 0 radical (unpaired) electrons. The van der Waals surface area contributed by atoms with Crippen LogP contribution < -0.4 is 10.1 Å². The van der Waals surface area contributed by atoms with Gasteiger partial charge in [-0.25, -0.2) is 4.98 Å². The van der Waals surface area contributed by atoms with Crippen LogP contribution in [0.2, 0.25) is 0 Å². The highest BCUT2D eigenvalue weighted by Crippen LogP contribution is 2.14. The zero-order chi connectivity index (χ0) is 12.5. The molecule has 4 heteroatoms. The summed E-state index contributed by atoms with van der Waals surface area (Å²) in [4.78, 5) is 4.47. The number of aromatic nitrogens is 1. The lowest BCUT2D eigenvalue weighted by Gasteiger charge is -2.09. The fraction of sp³-hybridized carbons (Fsp3) is 0.615. The SMILES string of the molecule is CCCc1cc(CNC)cc(OCCOC)n1. The van der Waals surface area contributed by atoms with E-state index in [4.69, 9.17) is 9.47 Å². The van der Waals surface area contributed by atoms with E-state index in [1.54, 1.807) is 7.11 Å². The summed E-state index contributed by atoms with van der Waals surface area (Å²) in [7, 11) is 3.60. The van der Waals surface area contributed by atoms with Crippen LogP contribution >= 0.6 is 0 Å². The van der Waals surface area contributed by atoms with Gasteiger partial charge in [0.05, 0.1) is 6.61 Å². The predicted molar refractivity (Wildman–Crippen MR) is 68.4 cm³/mol. The van der Waals surface area contributed by atoms with Gasteiger partial charge in [-0.3, -0.25) is 0 Å². The first-order chi connectivity index (χ1) is 8.30. The Morgan fingerprint density at radius 3 is 2.76 bits per heavy atom. The van der Waals surface area contributed by atoms with Gasteiger partial charge in [-0.1, -0.05) is 13.3 Å². The van der Waals surface area contributed by atoms with E-state index in [-0.39, 0.29) is 0 Å². The van der Waals surface area contributed by atoms with Crippen molar-refractivity contribution < 1.29 is 9.47 Å². The molecule has 0 spiro atoms. The molecule has 0 saturated carbocycles. The zero-order valence-corrected chi connectivity index (χ0v) is 11.0. The van der Waals surface area contributed by atoms with E-state index >= 15 is 0 Å². The summed E-state index contributed by atoms with van der Waals surface area (Å²) in [5.74, 6) is 0.693. The maximum Gasteiger partial charge on any atom is 0.213 e. The van der Waals surface area contributed by atoms with E-state index < -0.39 is 0 Å². The maximum atomic E-state index is 5.56. The van der Waals surface area contributed by atoms with E-state index in [2.05, 4.69) is 23.3 Å². The summed E-state index contributed by atoms with van der Waals surface area (Å²) in [6.07, 6.45) is 2.08. The summed E-state index contributed by atoms with van der Waals surface area (Å²) in [6.45, 7) is 4.11. The van der Waals surface area contributed by atoms with Gasteiger partial charge >= 0.3 is 0 Å². The van der Waals surface area contributed by atoms with Crippen LogP contribution in [0.1, 0.15) is 24.6 Å². The number of rotatable bonds is 8. The second-order valence-electron chi connectivity index (χ2n) is 3.93. The summed E-state index contributed by atoms with van der Waals surface area (Å²) >= 11 is 0. The molecule has 96 valence electrons. The van der Waals surface area contributed by atoms with E-state index in [0.717, 1.165) is 25.1 Å².